The topological polar surface area (TPSA) is 66.7 Å². The van der Waals surface area contributed by atoms with Gasteiger partial charge in [0.15, 0.2) is 5.69 Å². The summed E-state index contributed by atoms with van der Waals surface area (Å²) in [5.41, 5.74) is 2.69. The number of nitrogens with one attached hydrogen (secondary N) is 1. The van der Waals surface area contributed by atoms with Crippen LogP contribution in [0.5, 0.6) is 0 Å². The molecule has 1 fully saturated rings. The van der Waals surface area contributed by atoms with Crippen LogP contribution >= 0.6 is 0 Å². The number of hydrogen-bond donors (Lipinski definition) is 1. The molecule has 0 aliphatic carbocycles. The van der Waals surface area contributed by atoms with Gasteiger partial charge in [-0.3, -0.25) is 14.0 Å². The fourth-order valence-corrected chi connectivity index (χ4v) is 3.61. The number of rotatable bonds is 3. The molecule has 0 radical (unpaired) electrons. The van der Waals surface area contributed by atoms with Crippen molar-refractivity contribution in [2.45, 2.75) is 26.7 Å². The van der Waals surface area contributed by atoms with Gasteiger partial charge in [-0.15, -0.1) is 0 Å². The lowest BCUT2D eigenvalue weighted by Crippen LogP contribution is -2.38. The summed E-state index contributed by atoms with van der Waals surface area (Å²) < 4.78 is 1.69. The van der Waals surface area contributed by atoms with Crippen LogP contribution in [0, 0.1) is 12.8 Å². The first-order valence-electron chi connectivity index (χ1n) is 9.68. The summed E-state index contributed by atoms with van der Waals surface area (Å²) in [6.45, 7) is 5.61. The van der Waals surface area contributed by atoms with E-state index in [0.29, 0.717) is 17.1 Å². The molecule has 0 unspecified atom stereocenters. The molecule has 1 N–H and O–H groups in total. The van der Waals surface area contributed by atoms with Crippen molar-refractivity contribution in [3.8, 4) is 0 Å². The predicted molar refractivity (Wildman–Crippen MR) is 109 cm³/mol. The Kier molecular flexibility index (Phi) is 4.86. The molecule has 3 heterocycles. The molecule has 2 amide bonds. The molecule has 1 saturated heterocycles. The fourth-order valence-electron chi connectivity index (χ4n) is 3.61. The number of hydrogen-bond acceptors (Lipinski definition) is 3. The van der Waals surface area contributed by atoms with Crippen LogP contribution in [-0.2, 0) is 0 Å². The summed E-state index contributed by atoms with van der Waals surface area (Å²) in [5.74, 6) is 0.415. The third-order valence-electron chi connectivity index (χ3n) is 5.42. The third-order valence-corrected chi connectivity index (χ3v) is 5.42. The number of likely N-dealkylation sites (tertiary alicyclic amines) is 1. The van der Waals surface area contributed by atoms with Crippen molar-refractivity contribution in [3.63, 3.8) is 0 Å². The number of carbonyl (C=O) groups is 2. The van der Waals surface area contributed by atoms with Gasteiger partial charge in [0.2, 0.25) is 5.82 Å². The van der Waals surface area contributed by atoms with Crippen LogP contribution in [0.25, 0.3) is 5.52 Å². The van der Waals surface area contributed by atoms with E-state index in [2.05, 4.69) is 17.2 Å². The molecule has 1 aliphatic heterocycles. The standard InChI is InChI=1S/C22H24N4O2/c1-15-10-13-25(14-11-15)22(28)19-18-9-5-6-12-26(18)20(24-19)21(27)23-17-8-4-3-7-16(17)2/h3-9,12,15H,10-11,13-14H2,1-2H3,(H,23,27). The lowest BCUT2D eigenvalue weighted by atomic mass is 9.99. The molecule has 0 saturated carbocycles. The predicted octanol–water partition coefficient (Wildman–Crippen LogP) is 3.77. The van der Waals surface area contributed by atoms with Gasteiger partial charge in [-0.2, -0.15) is 0 Å². The molecular formula is C22H24N4O2. The quantitative estimate of drug-likeness (QED) is 0.757. The molecule has 0 spiro atoms. The zero-order chi connectivity index (χ0) is 19.7. The number of carbonyl (C=O) groups excluding carboxylic acids is 2. The number of piperidine rings is 1. The second kappa shape index (κ2) is 7.46. The minimum atomic E-state index is -0.332. The summed E-state index contributed by atoms with van der Waals surface area (Å²) in [6.07, 6.45) is 3.76. The largest absolute Gasteiger partial charge is 0.337 e. The van der Waals surface area contributed by atoms with Crippen LogP contribution in [0.4, 0.5) is 5.69 Å². The van der Waals surface area contributed by atoms with Crippen LogP contribution in [0.15, 0.2) is 48.7 Å². The van der Waals surface area contributed by atoms with Gasteiger partial charge in [0.25, 0.3) is 11.8 Å². The van der Waals surface area contributed by atoms with Crippen LogP contribution in [0.2, 0.25) is 0 Å². The van der Waals surface area contributed by atoms with Gasteiger partial charge in [-0.25, -0.2) is 4.98 Å². The smallest absolute Gasteiger partial charge is 0.292 e. The van der Waals surface area contributed by atoms with E-state index in [0.717, 1.165) is 37.2 Å². The second-order valence-electron chi connectivity index (χ2n) is 7.48. The van der Waals surface area contributed by atoms with Crippen LogP contribution < -0.4 is 5.32 Å². The normalized spacial score (nSPS) is 15.0. The zero-order valence-corrected chi connectivity index (χ0v) is 16.2. The molecule has 144 valence electrons. The van der Waals surface area contributed by atoms with Gasteiger partial charge in [0.1, 0.15) is 0 Å². The Morgan fingerprint density at radius 2 is 1.79 bits per heavy atom. The Morgan fingerprint density at radius 3 is 2.54 bits per heavy atom. The second-order valence-corrected chi connectivity index (χ2v) is 7.48. The molecule has 28 heavy (non-hydrogen) atoms. The highest BCUT2D eigenvalue weighted by Gasteiger charge is 2.27. The van der Waals surface area contributed by atoms with Crippen molar-refractivity contribution in [1.29, 1.82) is 0 Å². The molecule has 0 atom stereocenters. The highest BCUT2D eigenvalue weighted by Crippen LogP contribution is 2.22. The van der Waals surface area contributed by atoms with Crippen LogP contribution in [0.1, 0.15) is 46.4 Å². The number of nitrogens with zero attached hydrogens (tertiary/aromatic N) is 3. The Balaban J connectivity index is 1.67. The molecule has 6 nitrogen and oxygen atoms in total. The lowest BCUT2D eigenvalue weighted by Gasteiger charge is -2.29. The van der Waals surface area contributed by atoms with Gasteiger partial charge < -0.3 is 10.2 Å². The molecular weight excluding hydrogens is 352 g/mol. The Hall–Kier alpha value is -3.15. The molecule has 1 aromatic carbocycles. The van der Waals surface area contributed by atoms with E-state index in [1.807, 2.05) is 54.3 Å². The highest BCUT2D eigenvalue weighted by atomic mass is 16.2. The Labute approximate surface area is 164 Å². The summed E-state index contributed by atoms with van der Waals surface area (Å²) in [6, 6.07) is 13.1. The van der Waals surface area contributed by atoms with E-state index in [-0.39, 0.29) is 17.6 Å². The lowest BCUT2D eigenvalue weighted by molar-refractivity contribution is 0.0694. The fraction of sp³-hybridized carbons (Fsp3) is 0.318. The van der Waals surface area contributed by atoms with E-state index in [4.69, 9.17) is 0 Å². The molecule has 0 bridgehead atoms. The number of fused-ring (bicyclic) bond motifs is 1. The van der Waals surface area contributed by atoms with Crippen molar-refractivity contribution in [2.75, 3.05) is 18.4 Å². The highest BCUT2D eigenvalue weighted by molar-refractivity contribution is 6.06. The number of benzene rings is 1. The van der Waals surface area contributed by atoms with Gasteiger partial charge in [0.05, 0.1) is 5.52 Å². The summed E-state index contributed by atoms with van der Waals surface area (Å²) in [4.78, 5) is 32.3. The summed E-state index contributed by atoms with van der Waals surface area (Å²) >= 11 is 0. The van der Waals surface area contributed by atoms with Crippen molar-refractivity contribution in [3.05, 3.63) is 65.7 Å². The van der Waals surface area contributed by atoms with E-state index in [9.17, 15) is 9.59 Å². The van der Waals surface area contributed by atoms with Crippen LogP contribution in [-0.4, -0.2) is 39.2 Å². The number of aromatic nitrogens is 2. The van der Waals surface area contributed by atoms with Crippen LogP contribution in [0.3, 0.4) is 0 Å². The molecule has 1 aliphatic rings. The third kappa shape index (κ3) is 3.38. The maximum absolute atomic E-state index is 13.1. The van der Waals surface area contributed by atoms with Crippen molar-refractivity contribution in [1.82, 2.24) is 14.3 Å². The van der Waals surface area contributed by atoms with Crippen molar-refractivity contribution < 1.29 is 9.59 Å². The van der Waals surface area contributed by atoms with Crippen molar-refractivity contribution in [2.24, 2.45) is 5.92 Å². The summed E-state index contributed by atoms with van der Waals surface area (Å²) in [5, 5.41) is 2.91. The minimum Gasteiger partial charge on any atom is -0.337 e. The molecule has 6 heteroatoms. The van der Waals surface area contributed by atoms with Gasteiger partial charge in [0, 0.05) is 25.0 Å². The minimum absolute atomic E-state index is 0.106. The molecule has 2 aromatic heterocycles. The average Bonchev–Trinajstić information content (AvgIpc) is 3.10. The number of anilines is 1. The van der Waals surface area contributed by atoms with Crippen molar-refractivity contribution >= 4 is 23.0 Å². The van der Waals surface area contributed by atoms with E-state index in [1.54, 1.807) is 10.6 Å². The number of para-hydroxylation sites is 1. The summed E-state index contributed by atoms with van der Waals surface area (Å²) in [7, 11) is 0. The maximum Gasteiger partial charge on any atom is 0.292 e. The molecule has 4 rings (SSSR count). The van der Waals surface area contributed by atoms with Gasteiger partial charge >= 0.3 is 0 Å². The van der Waals surface area contributed by atoms with E-state index >= 15 is 0 Å². The number of imidazole rings is 1. The SMILES string of the molecule is Cc1ccccc1NC(=O)c1nc(C(=O)N2CCC(C)CC2)c2ccccn12. The Bertz CT molecular complexity index is 1030. The molecule has 3 aromatic rings. The van der Waals surface area contributed by atoms with Gasteiger partial charge in [-0.05, 0) is 49.4 Å². The first-order chi connectivity index (χ1) is 13.5. The maximum atomic E-state index is 13.1. The Morgan fingerprint density at radius 1 is 1.07 bits per heavy atom. The van der Waals surface area contributed by atoms with E-state index in [1.165, 1.54) is 0 Å². The van der Waals surface area contributed by atoms with E-state index < -0.39 is 0 Å². The monoisotopic (exact) mass is 376 g/mol. The zero-order valence-electron chi connectivity index (χ0n) is 16.2. The average molecular weight is 376 g/mol. The number of amides is 2. The first kappa shape index (κ1) is 18.2. The van der Waals surface area contributed by atoms with Gasteiger partial charge in [-0.1, -0.05) is 31.2 Å². The first-order valence-corrected chi connectivity index (χ1v) is 9.68. The number of pyridine rings is 1. The number of aryl methyl sites for hydroxylation is 1.